The average molecular weight is 372 g/mol. The van der Waals surface area contributed by atoms with Crippen molar-refractivity contribution in [3.63, 3.8) is 0 Å². The second kappa shape index (κ2) is 6.38. The molecule has 1 aliphatic heterocycles. The summed E-state index contributed by atoms with van der Waals surface area (Å²) in [5.41, 5.74) is 2.27. The van der Waals surface area contributed by atoms with Crippen LogP contribution in [-0.2, 0) is 11.8 Å². The highest BCUT2D eigenvalue weighted by Gasteiger charge is 2.57. The molecule has 27 heavy (non-hydrogen) atoms. The number of phenols is 1. The van der Waals surface area contributed by atoms with Gasteiger partial charge in [0.2, 0.25) is 0 Å². The Balaban J connectivity index is 1.57. The molecule has 2 N–H and O–H groups in total. The lowest BCUT2D eigenvalue weighted by Crippen LogP contribution is -2.63. The molecule has 3 aliphatic carbocycles. The van der Waals surface area contributed by atoms with E-state index in [9.17, 15) is 10.2 Å². The van der Waals surface area contributed by atoms with Gasteiger partial charge in [-0.3, -0.25) is 4.90 Å². The molecule has 5 atom stereocenters. The first-order valence-electron chi connectivity index (χ1n) is 10.9. The van der Waals surface area contributed by atoms with E-state index in [2.05, 4.69) is 17.9 Å². The summed E-state index contributed by atoms with van der Waals surface area (Å²) in [5.74, 6) is 2.38. The molecule has 3 fully saturated rings. The van der Waals surface area contributed by atoms with E-state index in [1.807, 2.05) is 6.07 Å². The van der Waals surface area contributed by atoms with Gasteiger partial charge in [0, 0.05) is 23.1 Å². The van der Waals surface area contributed by atoms with Crippen LogP contribution < -0.4 is 4.74 Å². The van der Waals surface area contributed by atoms with Gasteiger partial charge in [-0.05, 0) is 75.5 Å². The number of hydrogen-bond acceptors (Lipinski definition) is 4. The third-order valence-electron chi connectivity index (χ3n) is 8.14. The van der Waals surface area contributed by atoms with E-state index in [0.29, 0.717) is 29.5 Å². The van der Waals surface area contributed by atoms with Crippen molar-refractivity contribution in [2.24, 2.45) is 11.8 Å². The van der Waals surface area contributed by atoms with E-state index in [4.69, 9.17) is 4.74 Å². The first-order chi connectivity index (χ1) is 13.0. The van der Waals surface area contributed by atoms with E-state index in [1.54, 1.807) is 7.11 Å². The zero-order valence-electron chi connectivity index (χ0n) is 16.7. The van der Waals surface area contributed by atoms with Gasteiger partial charge in [-0.15, -0.1) is 0 Å². The Kier molecular flexibility index (Phi) is 4.21. The van der Waals surface area contributed by atoms with Crippen LogP contribution in [0.2, 0.25) is 0 Å². The molecule has 4 nitrogen and oxygen atoms in total. The van der Waals surface area contributed by atoms with Gasteiger partial charge in [0.1, 0.15) is 0 Å². The third kappa shape index (κ3) is 2.71. The second-order valence-corrected chi connectivity index (χ2v) is 9.64. The molecule has 2 bridgehead atoms. The predicted octanol–water partition coefficient (Wildman–Crippen LogP) is 3.62. The van der Waals surface area contributed by atoms with Gasteiger partial charge in [-0.1, -0.05) is 18.9 Å². The number of likely N-dealkylation sites (tertiary alicyclic amines) is 1. The lowest BCUT2D eigenvalue weighted by Gasteiger charge is -2.60. The zero-order valence-corrected chi connectivity index (χ0v) is 16.7. The van der Waals surface area contributed by atoms with Gasteiger partial charge in [0.25, 0.3) is 0 Å². The molecule has 4 aliphatic rings. The topological polar surface area (TPSA) is 52.9 Å². The summed E-state index contributed by atoms with van der Waals surface area (Å²) in [4.78, 5) is 2.78. The maximum atomic E-state index is 11.0. The summed E-state index contributed by atoms with van der Waals surface area (Å²) >= 11 is 0. The number of methoxy groups -OCH3 is 1. The van der Waals surface area contributed by atoms with Gasteiger partial charge in [-0.2, -0.15) is 0 Å². The number of ether oxygens (including phenoxy) is 1. The Labute approximate surface area is 162 Å². The number of aliphatic hydroxyl groups is 1. The maximum absolute atomic E-state index is 11.0. The van der Waals surface area contributed by atoms with E-state index < -0.39 is 0 Å². The number of benzene rings is 1. The number of hydrogen-bond donors (Lipinski definition) is 2. The highest BCUT2D eigenvalue weighted by molar-refractivity contribution is 5.56. The molecule has 1 aromatic carbocycles. The van der Waals surface area contributed by atoms with E-state index in [0.717, 1.165) is 50.1 Å². The lowest BCUT2D eigenvalue weighted by molar-refractivity contribution is -0.0629. The number of nitrogens with zero attached hydrogens (tertiary/aromatic N) is 1. The predicted molar refractivity (Wildman–Crippen MR) is 105 cm³/mol. The fourth-order valence-electron chi connectivity index (χ4n) is 6.82. The van der Waals surface area contributed by atoms with Crippen LogP contribution in [0.4, 0.5) is 0 Å². The van der Waals surface area contributed by atoms with Crippen molar-refractivity contribution in [1.29, 1.82) is 0 Å². The van der Waals surface area contributed by atoms with Crippen LogP contribution in [-0.4, -0.2) is 47.0 Å². The van der Waals surface area contributed by atoms with E-state index in [-0.39, 0.29) is 11.5 Å². The smallest absolute Gasteiger partial charge is 0.161 e. The first kappa shape index (κ1) is 17.8. The number of aliphatic hydroxyl groups excluding tert-OH is 1. The molecular weight excluding hydrogens is 338 g/mol. The molecule has 0 radical (unpaired) electrons. The molecule has 0 spiro atoms. The largest absolute Gasteiger partial charge is 0.504 e. The minimum atomic E-state index is -0.256. The molecule has 1 aromatic rings. The van der Waals surface area contributed by atoms with Crippen molar-refractivity contribution in [1.82, 2.24) is 4.90 Å². The van der Waals surface area contributed by atoms with Crippen LogP contribution in [0, 0.1) is 11.8 Å². The Morgan fingerprint density at radius 2 is 2.07 bits per heavy atom. The molecule has 2 saturated carbocycles. The molecule has 1 heterocycles. The van der Waals surface area contributed by atoms with Crippen molar-refractivity contribution in [2.45, 2.75) is 81.9 Å². The zero-order chi connectivity index (χ0) is 18.8. The van der Waals surface area contributed by atoms with Crippen LogP contribution in [0.5, 0.6) is 11.5 Å². The SMILES string of the molecule is COc1ccc2c(c1O)[C@]13CCN(C(C)CC4CC4)[C@H](C2)[C@@H]1CCC(O)C3. The molecule has 0 aromatic heterocycles. The third-order valence-corrected chi connectivity index (χ3v) is 8.14. The molecule has 4 heteroatoms. The number of fused-ring (bicyclic) bond motifs is 1. The summed E-state index contributed by atoms with van der Waals surface area (Å²) in [5, 5.41) is 21.6. The monoisotopic (exact) mass is 371 g/mol. The number of rotatable bonds is 4. The summed E-state index contributed by atoms with van der Waals surface area (Å²) in [6.45, 7) is 3.50. The summed E-state index contributed by atoms with van der Waals surface area (Å²) in [7, 11) is 1.63. The molecule has 0 amide bonds. The summed E-state index contributed by atoms with van der Waals surface area (Å²) in [6.07, 6.45) is 8.71. The van der Waals surface area contributed by atoms with Gasteiger partial charge in [-0.25, -0.2) is 0 Å². The number of piperidine rings is 1. The molecule has 1 saturated heterocycles. The Morgan fingerprint density at radius 3 is 2.81 bits per heavy atom. The highest BCUT2D eigenvalue weighted by atomic mass is 16.5. The van der Waals surface area contributed by atoms with Gasteiger partial charge in [0.05, 0.1) is 13.2 Å². The standard InChI is InChI=1S/C23H33NO3/c1-14(11-15-3-4-15)24-10-9-23-13-17(25)6-7-18(23)19(24)12-16-5-8-20(27-2)22(26)21(16)23/h5,8,14-15,17-19,25-26H,3-4,6-7,9-13H2,1-2H3/t14?,17?,18-,19+,23-/m0/s1. The highest BCUT2D eigenvalue weighted by Crippen LogP contribution is 2.59. The van der Waals surface area contributed by atoms with Crippen LogP contribution in [0.1, 0.15) is 63.0 Å². The summed E-state index contributed by atoms with van der Waals surface area (Å²) in [6, 6.07) is 5.26. The fraction of sp³-hybridized carbons (Fsp3) is 0.739. The molecule has 5 rings (SSSR count). The number of phenolic OH excluding ortho intramolecular Hbond substituents is 1. The quantitative estimate of drug-likeness (QED) is 0.849. The van der Waals surface area contributed by atoms with Crippen LogP contribution in [0.25, 0.3) is 0 Å². The molecule has 2 unspecified atom stereocenters. The molecule has 148 valence electrons. The van der Waals surface area contributed by atoms with E-state index in [1.165, 1.54) is 24.8 Å². The number of aromatic hydroxyl groups is 1. The second-order valence-electron chi connectivity index (χ2n) is 9.64. The van der Waals surface area contributed by atoms with Gasteiger partial charge < -0.3 is 14.9 Å². The van der Waals surface area contributed by atoms with Crippen molar-refractivity contribution < 1.29 is 14.9 Å². The summed E-state index contributed by atoms with van der Waals surface area (Å²) < 4.78 is 5.44. The minimum absolute atomic E-state index is 0.0929. The Hall–Kier alpha value is -1.26. The van der Waals surface area contributed by atoms with Gasteiger partial charge >= 0.3 is 0 Å². The van der Waals surface area contributed by atoms with Crippen molar-refractivity contribution in [3.05, 3.63) is 23.3 Å². The lowest BCUT2D eigenvalue weighted by atomic mass is 9.51. The van der Waals surface area contributed by atoms with Crippen LogP contribution in [0.3, 0.4) is 0 Å². The van der Waals surface area contributed by atoms with Crippen molar-refractivity contribution in [3.8, 4) is 11.5 Å². The average Bonchev–Trinajstić information content (AvgIpc) is 3.45. The van der Waals surface area contributed by atoms with Crippen molar-refractivity contribution in [2.75, 3.05) is 13.7 Å². The van der Waals surface area contributed by atoms with E-state index >= 15 is 0 Å². The minimum Gasteiger partial charge on any atom is -0.504 e. The van der Waals surface area contributed by atoms with Gasteiger partial charge in [0.15, 0.2) is 11.5 Å². The Bertz CT molecular complexity index is 731. The van der Waals surface area contributed by atoms with Crippen LogP contribution in [0.15, 0.2) is 12.1 Å². The molecular formula is C23H33NO3. The van der Waals surface area contributed by atoms with Crippen molar-refractivity contribution >= 4 is 0 Å². The first-order valence-corrected chi connectivity index (χ1v) is 10.9. The fourth-order valence-corrected chi connectivity index (χ4v) is 6.82. The normalized spacial score (nSPS) is 36.6. The van der Waals surface area contributed by atoms with Crippen LogP contribution >= 0.6 is 0 Å². The Morgan fingerprint density at radius 1 is 1.26 bits per heavy atom. The maximum Gasteiger partial charge on any atom is 0.161 e.